The lowest BCUT2D eigenvalue weighted by molar-refractivity contribution is -0.139. The molecule has 1 saturated heterocycles. The molecule has 3 rings (SSSR count). The molecule has 1 atom stereocenters. The Hall–Kier alpha value is -3.26. The summed E-state index contributed by atoms with van der Waals surface area (Å²) in [5.74, 6) is -3.33. The Kier molecular flexibility index (Phi) is 6.70. The second-order valence-electron chi connectivity index (χ2n) is 7.55. The third kappa shape index (κ3) is 4.59. The molecule has 1 fully saturated rings. The zero-order chi connectivity index (χ0) is 22.7. The van der Waals surface area contributed by atoms with Gasteiger partial charge < -0.3 is 19.6 Å². The molecule has 1 aliphatic rings. The van der Waals surface area contributed by atoms with E-state index in [1.807, 2.05) is 19.0 Å². The highest BCUT2D eigenvalue weighted by Crippen LogP contribution is 2.39. The van der Waals surface area contributed by atoms with Crippen LogP contribution in [0.2, 0.25) is 0 Å². The van der Waals surface area contributed by atoms with Crippen molar-refractivity contribution in [2.75, 3.05) is 34.3 Å². The molecule has 0 radical (unpaired) electrons. The quantitative estimate of drug-likeness (QED) is 0.415. The number of amides is 1. The number of ketones is 1. The number of ether oxygens (including phenoxy) is 1. The average Bonchev–Trinajstić information content (AvgIpc) is 2.98. The van der Waals surface area contributed by atoms with Crippen molar-refractivity contribution in [2.45, 2.75) is 12.5 Å². The summed E-state index contributed by atoms with van der Waals surface area (Å²) in [5.41, 5.74) is 0.351. The number of nitrogens with zero attached hydrogens (tertiary/aromatic N) is 2. The predicted octanol–water partition coefficient (Wildman–Crippen LogP) is 3.35. The minimum Gasteiger partial charge on any atom is -0.507 e. The first-order valence-electron chi connectivity index (χ1n) is 9.77. The van der Waals surface area contributed by atoms with Gasteiger partial charge in [-0.1, -0.05) is 12.1 Å². The summed E-state index contributed by atoms with van der Waals surface area (Å²) < 4.78 is 32.6. The van der Waals surface area contributed by atoms with Crippen molar-refractivity contribution in [2.24, 2.45) is 0 Å². The smallest absolute Gasteiger partial charge is 0.295 e. The second kappa shape index (κ2) is 9.26. The van der Waals surface area contributed by atoms with Crippen LogP contribution in [0.1, 0.15) is 23.6 Å². The maximum atomic E-state index is 14.2. The number of aliphatic hydroxyl groups is 1. The Morgan fingerprint density at radius 1 is 1.13 bits per heavy atom. The molecule has 1 heterocycles. The van der Waals surface area contributed by atoms with Gasteiger partial charge in [0.2, 0.25) is 0 Å². The highest BCUT2D eigenvalue weighted by atomic mass is 19.1. The van der Waals surface area contributed by atoms with E-state index in [0.29, 0.717) is 18.5 Å². The van der Waals surface area contributed by atoms with E-state index in [-0.39, 0.29) is 23.4 Å². The Bertz CT molecular complexity index is 1020. The van der Waals surface area contributed by atoms with Crippen molar-refractivity contribution in [3.05, 3.63) is 70.8 Å². The van der Waals surface area contributed by atoms with Crippen LogP contribution >= 0.6 is 0 Å². The highest BCUT2D eigenvalue weighted by molar-refractivity contribution is 6.46. The molecule has 0 bridgehead atoms. The van der Waals surface area contributed by atoms with Crippen LogP contribution in [0.3, 0.4) is 0 Å². The third-order valence-corrected chi connectivity index (χ3v) is 5.16. The fraction of sp³-hybridized carbons (Fsp3) is 0.304. The fourth-order valence-electron chi connectivity index (χ4n) is 3.63. The van der Waals surface area contributed by atoms with Crippen LogP contribution in [0.15, 0.2) is 48.0 Å². The Balaban J connectivity index is 2.10. The topological polar surface area (TPSA) is 70.1 Å². The number of likely N-dealkylation sites (tertiary alicyclic amines) is 1. The van der Waals surface area contributed by atoms with Crippen LogP contribution in [0, 0.1) is 11.6 Å². The molecule has 2 aromatic rings. The van der Waals surface area contributed by atoms with Crippen LogP contribution in [0.25, 0.3) is 5.76 Å². The standard InChI is InChI=1S/C23H24F2N2O4/c1-26(2)11-4-12-27-20(14-5-8-16(24)9-6-14)19(22(29)23(27)30)21(28)15-7-10-18(31-3)17(25)13-15/h5-10,13,20,28H,4,11-12H2,1-3H3. The molecule has 0 saturated carbocycles. The minimum absolute atomic E-state index is 0.0178. The zero-order valence-electron chi connectivity index (χ0n) is 17.6. The molecular weight excluding hydrogens is 406 g/mol. The van der Waals surface area contributed by atoms with Crippen molar-refractivity contribution in [1.82, 2.24) is 9.80 Å². The van der Waals surface area contributed by atoms with Gasteiger partial charge in [0.25, 0.3) is 11.7 Å². The summed E-state index contributed by atoms with van der Waals surface area (Å²) >= 11 is 0. The molecule has 1 unspecified atom stereocenters. The van der Waals surface area contributed by atoms with Crippen LogP contribution < -0.4 is 4.74 Å². The van der Waals surface area contributed by atoms with Gasteiger partial charge in [-0.3, -0.25) is 9.59 Å². The molecule has 8 heteroatoms. The van der Waals surface area contributed by atoms with Crippen molar-refractivity contribution >= 4 is 17.4 Å². The number of hydrogen-bond acceptors (Lipinski definition) is 5. The Labute approximate surface area is 179 Å². The molecule has 164 valence electrons. The first-order chi connectivity index (χ1) is 14.7. The second-order valence-corrected chi connectivity index (χ2v) is 7.55. The predicted molar refractivity (Wildman–Crippen MR) is 112 cm³/mol. The SMILES string of the molecule is COc1ccc(C(O)=C2C(=O)C(=O)N(CCCN(C)C)C2c2ccc(F)cc2)cc1F. The third-order valence-electron chi connectivity index (χ3n) is 5.16. The Morgan fingerprint density at radius 3 is 2.39 bits per heavy atom. The minimum atomic E-state index is -0.909. The zero-order valence-corrected chi connectivity index (χ0v) is 17.6. The number of carbonyl (C=O) groups excluding carboxylic acids is 2. The molecule has 0 spiro atoms. The van der Waals surface area contributed by atoms with Crippen LogP contribution in [-0.4, -0.2) is 60.9 Å². The van der Waals surface area contributed by atoms with Gasteiger partial charge in [-0.25, -0.2) is 8.78 Å². The molecule has 1 amide bonds. The van der Waals surface area contributed by atoms with Gasteiger partial charge in [-0.2, -0.15) is 0 Å². The first-order valence-corrected chi connectivity index (χ1v) is 9.77. The molecule has 31 heavy (non-hydrogen) atoms. The molecule has 2 aromatic carbocycles. The number of carbonyl (C=O) groups is 2. The van der Waals surface area contributed by atoms with E-state index >= 15 is 0 Å². The summed E-state index contributed by atoms with van der Waals surface area (Å²) in [6.07, 6.45) is 0.592. The van der Waals surface area contributed by atoms with Crippen LogP contribution in [0.4, 0.5) is 8.78 Å². The van der Waals surface area contributed by atoms with E-state index < -0.39 is 35.1 Å². The summed E-state index contributed by atoms with van der Waals surface area (Å²) in [6.45, 7) is 0.946. The lowest BCUT2D eigenvalue weighted by Gasteiger charge is -2.26. The lowest BCUT2D eigenvalue weighted by Crippen LogP contribution is -2.32. The van der Waals surface area contributed by atoms with Crippen molar-refractivity contribution in [1.29, 1.82) is 0 Å². The fourth-order valence-corrected chi connectivity index (χ4v) is 3.63. The first kappa shape index (κ1) is 22.4. The summed E-state index contributed by atoms with van der Waals surface area (Å²) in [5, 5.41) is 10.9. The monoisotopic (exact) mass is 430 g/mol. The number of hydrogen-bond donors (Lipinski definition) is 1. The van der Waals surface area contributed by atoms with Crippen LogP contribution in [-0.2, 0) is 9.59 Å². The van der Waals surface area contributed by atoms with E-state index in [4.69, 9.17) is 4.74 Å². The molecule has 1 aliphatic heterocycles. The molecular formula is C23H24F2N2O4. The van der Waals surface area contributed by atoms with Crippen molar-refractivity contribution in [3.63, 3.8) is 0 Å². The number of halogens is 2. The van der Waals surface area contributed by atoms with E-state index in [0.717, 1.165) is 6.07 Å². The van der Waals surface area contributed by atoms with E-state index in [9.17, 15) is 23.5 Å². The van der Waals surface area contributed by atoms with Crippen LogP contribution in [0.5, 0.6) is 5.75 Å². The van der Waals surface area contributed by atoms with E-state index in [1.165, 1.54) is 48.4 Å². The normalized spacial score (nSPS) is 18.1. The largest absolute Gasteiger partial charge is 0.507 e. The van der Waals surface area contributed by atoms with Crippen molar-refractivity contribution < 1.29 is 28.2 Å². The van der Waals surface area contributed by atoms with Gasteiger partial charge in [-0.15, -0.1) is 0 Å². The number of Topliss-reactive ketones (excluding diaryl/α,β-unsaturated/α-hetero) is 1. The van der Waals surface area contributed by atoms with Gasteiger partial charge in [0.1, 0.15) is 11.6 Å². The van der Waals surface area contributed by atoms with Gasteiger partial charge in [0.15, 0.2) is 11.6 Å². The summed E-state index contributed by atoms with van der Waals surface area (Å²) in [4.78, 5) is 29.0. The van der Waals surface area contributed by atoms with Gasteiger partial charge in [-0.05, 0) is 63.0 Å². The summed E-state index contributed by atoms with van der Waals surface area (Å²) in [7, 11) is 5.10. The van der Waals surface area contributed by atoms with Gasteiger partial charge >= 0.3 is 0 Å². The average molecular weight is 430 g/mol. The maximum Gasteiger partial charge on any atom is 0.295 e. The van der Waals surface area contributed by atoms with Crippen molar-refractivity contribution in [3.8, 4) is 5.75 Å². The van der Waals surface area contributed by atoms with E-state index in [1.54, 1.807) is 0 Å². The lowest BCUT2D eigenvalue weighted by atomic mass is 9.95. The molecule has 0 aromatic heterocycles. The number of benzene rings is 2. The highest BCUT2D eigenvalue weighted by Gasteiger charge is 2.45. The maximum absolute atomic E-state index is 14.2. The Morgan fingerprint density at radius 2 is 1.81 bits per heavy atom. The number of rotatable bonds is 7. The number of aliphatic hydroxyl groups excluding tert-OH is 1. The van der Waals surface area contributed by atoms with Gasteiger partial charge in [0, 0.05) is 12.1 Å². The molecule has 0 aliphatic carbocycles. The molecule has 1 N–H and O–H groups in total. The van der Waals surface area contributed by atoms with Gasteiger partial charge in [0.05, 0.1) is 18.7 Å². The molecule has 6 nitrogen and oxygen atoms in total. The van der Waals surface area contributed by atoms with E-state index in [2.05, 4.69) is 0 Å². The number of methoxy groups -OCH3 is 1. The summed E-state index contributed by atoms with van der Waals surface area (Å²) in [6, 6.07) is 8.23.